The fraction of sp³-hybridized carbons (Fsp3) is 0.667. The van der Waals surface area contributed by atoms with Crippen molar-refractivity contribution in [2.75, 3.05) is 25.0 Å². The summed E-state index contributed by atoms with van der Waals surface area (Å²) in [4.78, 5) is 23.2. The molecule has 0 N–H and O–H groups in total. The fourth-order valence-corrected chi connectivity index (χ4v) is 2.91. The number of carbonyl (C=O) groups is 1. The van der Waals surface area contributed by atoms with Gasteiger partial charge in [0, 0.05) is 38.3 Å². The first-order valence-corrected chi connectivity index (χ1v) is 7.78. The summed E-state index contributed by atoms with van der Waals surface area (Å²) in [5, 5.41) is 0. The summed E-state index contributed by atoms with van der Waals surface area (Å²) in [6.07, 6.45) is 0.0518. The number of piperidine rings is 1. The molecule has 1 aliphatic heterocycles. The van der Waals surface area contributed by atoms with Crippen molar-refractivity contribution in [3.63, 3.8) is 0 Å². The second-order valence-corrected chi connectivity index (χ2v) is 6.18. The van der Waals surface area contributed by atoms with Gasteiger partial charge in [-0.3, -0.25) is 4.79 Å². The topological polar surface area (TPSA) is 49.3 Å². The smallest absolute Gasteiger partial charge is 0.342 e. The highest BCUT2D eigenvalue weighted by Crippen LogP contribution is 2.32. The number of aromatic nitrogens is 2. The first-order chi connectivity index (χ1) is 10.9. The number of hydrogen-bond acceptors (Lipinski definition) is 4. The Hall–Kier alpha value is -1.86. The zero-order chi connectivity index (χ0) is 16.6. The van der Waals surface area contributed by atoms with Gasteiger partial charge in [0.15, 0.2) is 0 Å². The van der Waals surface area contributed by atoms with E-state index in [-0.39, 0.29) is 23.8 Å². The molecule has 2 fully saturated rings. The van der Waals surface area contributed by atoms with E-state index in [1.807, 2.05) is 11.9 Å². The van der Waals surface area contributed by atoms with E-state index in [1.54, 1.807) is 4.90 Å². The second-order valence-electron chi connectivity index (χ2n) is 6.18. The van der Waals surface area contributed by atoms with E-state index in [2.05, 4.69) is 9.97 Å². The Morgan fingerprint density at radius 3 is 2.48 bits per heavy atom. The third-order valence-electron chi connectivity index (χ3n) is 4.50. The molecule has 0 spiro atoms. The number of amides is 1. The Morgan fingerprint density at radius 1 is 1.26 bits per heavy atom. The Morgan fingerprint density at radius 2 is 1.91 bits per heavy atom. The highest BCUT2D eigenvalue weighted by Gasteiger charge is 2.36. The van der Waals surface area contributed by atoms with Crippen LogP contribution in [-0.4, -0.2) is 47.0 Å². The van der Waals surface area contributed by atoms with Crippen LogP contribution in [0.3, 0.4) is 0 Å². The SMILES string of the molecule is CN(C(=O)C1CC1)C1CCN(c2nccc(C(F)(F)F)n2)CC1. The van der Waals surface area contributed by atoms with Crippen LogP contribution >= 0.6 is 0 Å². The summed E-state index contributed by atoms with van der Waals surface area (Å²) >= 11 is 0. The largest absolute Gasteiger partial charge is 0.433 e. The van der Waals surface area contributed by atoms with Gasteiger partial charge < -0.3 is 9.80 Å². The maximum absolute atomic E-state index is 12.7. The van der Waals surface area contributed by atoms with Crippen LogP contribution in [0.4, 0.5) is 19.1 Å². The van der Waals surface area contributed by atoms with Gasteiger partial charge in [-0.15, -0.1) is 0 Å². The molecular weight excluding hydrogens is 309 g/mol. The van der Waals surface area contributed by atoms with Gasteiger partial charge in [0.05, 0.1) is 0 Å². The van der Waals surface area contributed by atoms with Crippen molar-refractivity contribution in [3.8, 4) is 0 Å². The fourth-order valence-electron chi connectivity index (χ4n) is 2.91. The minimum absolute atomic E-state index is 0.106. The van der Waals surface area contributed by atoms with E-state index in [1.165, 1.54) is 0 Å². The van der Waals surface area contributed by atoms with Crippen molar-refractivity contribution < 1.29 is 18.0 Å². The lowest BCUT2D eigenvalue weighted by Gasteiger charge is -2.37. The van der Waals surface area contributed by atoms with Gasteiger partial charge in [-0.2, -0.15) is 13.2 Å². The third-order valence-corrected chi connectivity index (χ3v) is 4.50. The van der Waals surface area contributed by atoms with Gasteiger partial charge in [-0.25, -0.2) is 9.97 Å². The lowest BCUT2D eigenvalue weighted by atomic mass is 10.0. The maximum atomic E-state index is 12.7. The molecule has 0 radical (unpaired) electrons. The second kappa shape index (κ2) is 5.98. The summed E-state index contributed by atoms with van der Waals surface area (Å²) in [6, 6.07) is 1.02. The van der Waals surface area contributed by atoms with Gasteiger partial charge in [0.2, 0.25) is 11.9 Å². The summed E-state index contributed by atoms with van der Waals surface area (Å²) < 4.78 is 38.2. The van der Waals surface area contributed by atoms with Crippen LogP contribution in [0.1, 0.15) is 31.4 Å². The molecule has 8 heteroatoms. The molecule has 1 aromatic heterocycles. The highest BCUT2D eigenvalue weighted by molar-refractivity contribution is 5.81. The first-order valence-electron chi connectivity index (χ1n) is 7.78. The monoisotopic (exact) mass is 328 g/mol. The lowest BCUT2D eigenvalue weighted by Crippen LogP contribution is -2.46. The molecule has 0 atom stereocenters. The Bertz CT molecular complexity index is 580. The quantitative estimate of drug-likeness (QED) is 0.854. The van der Waals surface area contributed by atoms with Gasteiger partial charge in [-0.1, -0.05) is 0 Å². The molecule has 1 aromatic rings. The molecule has 126 valence electrons. The minimum atomic E-state index is -4.47. The van der Waals surface area contributed by atoms with E-state index >= 15 is 0 Å². The number of halogens is 3. The van der Waals surface area contributed by atoms with Gasteiger partial charge in [0.1, 0.15) is 5.69 Å². The lowest BCUT2D eigenvalue weighted by molar-refractivity contribution is -0.141. The van der Waals surface area contributed by atoms with Crippen LogP contribution < -0.4 is 4.90 Å². The number of rotatable bonds is 3. The third kappa shape index (κ3) is 3.56. The predicted molar refractivity (Wildman–Crippen MR) is 77.8 cm³/mol. The molecule has 3 rings (SSSR count). The molecule has 0 unspecified atom stereocenters. The van der Waals surface area contributed by atoms with Crippen LogP contribution in [0.2, 0.25) is 0 Å². The standard InChI is InChI=1S/C15H19F3N4O/c1-21(13(23)10-2-3-10)11-5-8-22(9-6-11)14-19-7-4-12(20-14)15(16,17)18/h4,7,10-11H,2-3,5-6,8-9H2,1H3. The molecule has 23 heavy (non-hydrogen) atoms. The molecule has 0 aromatic carbocycles. The normalized spacial score (nSPS) is 19.7. The molecule has 2 heterocycles. The van der Waals surface area contributed by atoms with Crippen molar-refractivity contribution >= 4 is 11.9 Å². The highest BCUT2D eigenvalue weighted by atomic mass is 19.4. The number of alkyl halides is 3. The van der Waals surface area contributed by atoms with Crippen molar-refractivity contribution in [2.45, 2.75) is 37.9 Å². The zero-order valence-corrected chi connectivity index (χ0v) is 12.9. The predicted octanol–water partition coefficient (Wildman–Crippen LogP) is 2.33. The summed E-state index contributed by atoms with van der Waals surface area (Å²) in [5.41, 5.74) is -0.925. The average Bonchev–Trinajstić information content (AvgIpc) is 3.38. The van der Waals surface area contributed by atoms with Crippen LogP contribution in [0.5, 0.6) is 0 Å². The molecular formula is C15H19F3N4O. The van der Waals surface area contributed by atoms with E-state index < -0.39 is 11.9 Å². The molecule has 1 saturated carbocycles. The zero-order valence-electron chi connectivity index (χ0n) is 12.9. The number of anilines is 1. The Kier molecular flexibility index (Phi) is 4.16. The maximum Gasteiger partial charge on any atom is 0.433 e. The molecule has 5 nitrogen and oxygen atoms in total. The summed E-state index contributed by atoms with van der Waals surface area (Å²) in [7, 11) is 1.82. The minimum Gasteiger partial charge on any atom is -0.342 e. The molecule has 1 aliphatic carbocycles. The Labute approximate surface area is 132 Å². The van der Waals surface area contributed by atoms with E-state index in [9.17, 15) is 18.0 Å². The van der Waals surface area contributed by atoms with E-state index in [4.69, 9.17) is 0 Å². The first kappa shape index (κ1) is 16.0. The van der Waals surface area contributed by atoms with E-state index in [0.29, 0.717) is 25.9 Å². The van der Waals surface area contributed by atoms with Crippen LogP contribution in [0.15, 0.2) is 12.3 Å². The van der Waals surface area contributed by atoms with Crippen molar-refractivity contribution in [1.82, 2.24) is 14.9 Å². The van der Waals surface area contributed by atoms with Crippen molar-refractivity contribution in [2.24, 2.45) is 5.92 Å². The van der Waals surface area contributed by atoms with Crippen molar-refractivity contribution in [1.29, 1.82) is 0 Å². The Balaban J connectivity index is 1.61. The van der Waals surface area contributed by atoms with Crippen LogP contribution in [0.25, 0.3) is 0 Å². The number of nitrogens with zero attached hydrogens (tertiary/aromatic N) is 4. The van der Waals surface area contributed by atoms with Gasteiger partial charge >= 0.3 is 6.18 Å². The number of hydrogen-bond donors (Lipinski definition) is 0. The average molecular weight is 328 g/mol. The van der Waals surface area contributed by atoms with Crippen LogP contribution in [-0.2, 0) is 11.0 Å². The molecule has 2 aliphatic rings. The van der Waals surface area contributed by atoms with Crippen molar-refractivity contribution in [3.05, 3.63) is 18.0 Å². The van der Waals surface area contributed by atoms with E-state index in [0.717, 1.165) is 25.1 Å². The summed E-state index contributed by atoms with van der Waals surface area (Å²) in [5.74, 6) is 0.484. The molecule has 0 bridgehead atoms. The molecule has 1 saturated heterocycles. The van der Waals surface area contributed by atoms with Gasteiger partial charge in [0.25, 0.3) is 0 Å². The van der Waals surface area contributed by atoms with Crippen LogP contribution in [0, 0.1) is 5.92 Å². The summed E-state index contributed by atoms with van der Waals surface area (Å²) in [6.45, 7) is 1.10. The molecule has 1 amide bonds. The van der Waals surface area contributed by atoms with Gasteiger partial charge in [-0.05, 0) is 31.7 Å². The number of carbonyl (C=O) groups excluding carboxylic acids is 1.